The number of hydrogen-bond donors (Lipinski definition) is 1. The lowest BCUT2D eigenvalue weighted by Gasteiger charge is -2.23. The van der Waals surface area contributed by atoms with Crippen LogP contribution in [0.4, 0.5) is 0 Å². The number of nitrogens with one attached hydrogen (secondary N) is 1. The summed E-state index contributed by atoms with van der Waals surface area (Å²) >= 11 is 7.23. The minimum Gasteiger partial charge on any atom is -0.305 e. The number of rotatable bonds is 3. The van der Waals surface area contributed by atoms with Crippen molar-refractivity contribution in [1.82, 2.24) is 5.32 Å². The minimum atomic E-state index is 0.561. The lowest BCUT2D eigenvalue weighted by Crippen LogP contribution is -2.23. The Labute approximate surface area is 118 Å². The predicted molar refractivity (Wildman–Crippen MR) is 78.9 cm³/mol. The molecule has 2 heterocycles. The van der Waals surface area contributed by atoms with Gasteiger partial charge in [0, 0.05) is 32.2 Å². The van der Waals surface area contributed by atoms with Crippen LogP contribution in [0.3, 0.4) is 0 Å². The fourth-order valence-electron chi connectivity index (χ4n) is 2.37. The van der Waals surface area contributed by atoms with E-state index in [0.29, 0.717) is 6.04 Å². The van der Waals surface area contributed by atoms with Crippen LogP contribution in [0.1, 0.15) is 34.2 Å². The van der Waals surface area contributed by atoms with Crippen LogP contribution in [-0.2, 0) is 13.0 Å². The number of thiophene rings is 2. The molecule has 0 spiro atoms. The number of aryl methyl sites for hydroxylation is 1. The third kappa shape index (κ3) is 2.65. The van der Waals surface area contributed by atoms with E-state index < -0.39 is 0 Å². The smallest absolute Gasteiger partial charge is 0.0334 e. The van der Waals surface area contributed by atoms with Crippen molar-refractivity contribution in [2.24, 2.45) is 0 Å². The summed E-state index contributed by atoms with van der Waals surface area (Å²) in [5, 5.41) is 8.07. The zero-order valence-corrected chi connectivity index (χ0v) is 12.6. The van der Waals surface area contributed by atoms with Crippen molar-refractivity contribution >= 4 is 38.6 Å². The zero-order chi connectivity index (χ0) is 11.7. The highest BCUT2D eigenvalue weighted by Gasteiger charge is 2.20. The fourth-order valence-corrected chi connectivity index (χ4v) is 4.76. The first kappa shape index (κ1) is 11.9. The van der Waals surface area contributed by atoms with Gasteiger partial charge in [-0.25, -0.2) is 0 Å². The van der Waals surface area contributed by atoms with Crippen LogP contribution in [0.2, 0.25) is 0 Å². The maximum atomic E-state index is 3.69. The number of fused-ring (bicyclic) bond motifs is 1. The average molecular weight is 328 g/mol. The summed E-state index contributed by atoms with van der Waals surface area (Å²) in [6.45, 7) is 0.982. The van der Waals surface area contributed by atoms with Crippen molar-refractivity contribution in [2.75, 3.05) is 0 Å². The van der Waals surface area contributed by atoms with Gasteiger partial charge < -0.3 is 5.32 Å². The standard InChI is InChI=1S/C13H14BrNS2/c14-9-6-10(17-8-9)7-15-12-2-1-3-13-11(12)4-5-16-13/h4-6,8,12,15H,1-3,7H2. The second-order valence-electron chi connectivity index (χ2n) is 4.36. The van der Waals surface area contributed by atoms with Crippen molar-refractivity contribution in [3.05, 3.63) is 42.7 Å². The van der Waals surface area contributed by atoms with Gasteiger partial charge in [0.2, 0.25) is 0 Å². The molecule has 2 aromatic heterocycles. The lowest BCUT2D eigenvalue weighted by atomic mass is 9.94. The van der Waals surface area contributed by atoms with E-state index >= 15 is 0 Å². The largest absolute Gasteiger partial charge is 0.305 e. The van der Waals surface area contributed by atoms with E-state index in [1.165, 1.54) is 34.2 Å². The van der Waals surface area contributed by atoms with E-state index in [0.717, 1.165) is 6.54 Å². The monoisotopic (exact) mass is 327 g/mol. The first-order chi connectivity index (χ1) is 8.33. The molecule has 0 amide bonds. The third-order valence-corrected chi connectivity index (χ3v) is 5.89. The van der Waals surface area contributed by atoms with Crippen LogP contribution < -0.4 is 5.32 Å². The van der Waals surface area contributed by atoms with Gasteiger partial charge in [-0.15, -0.1) is 22.7 Å². The molecule has 1 unspecified atom stereocenters. The molecule has 1 atom stereocenters. The van der Waals surface area contributed by atoms with Crippen molar-refractivity contribution in [3.63, 3.8) is 0 Å². The fraction of sp³-hybridized carbons (Fsp3) is 0.385. The Bertz CT molecular complexity index is 503. The molecular weight excluding hydrogens is 314 g/mol. The molecule has 2 aromatic rings. The Kier molecular flexibility index (Phi) is 3.66. The van der Waals surface area contributed by atoms with Crippen LogP contribution >= 0.6 is 38.6 Å². The van der Waals surface area contributed by atoms with E-state index in [1.807, 2.05) is 22.7 Å². The average Bonchev–Trinajstić information content (AvgIpc) is 2.94. The summed E-state index contributed by atoms with van der Waals surface area (Å²) < 4.78 is 1.19. The zero-order valence-electron chi connectivity index (χ0n) is 9.41. The van der Waals surface area contributed by atoms with E-state index in [4.69, 9.17) is 0 Å². The highest BCUT2D eigenvalue weighted by Crippen LogP contribution is 2.33. The Morgan fingerprint density at radius 1 is 1.41 bits per heavy atom. The van der Waals surface area contributed by atoms with Crippen LogP contribution in [-0.4, -0.2) is 0 Å². The molecule has 0 fully saturated rings. The molecule has 0 aliphatic heterocycles. The van der Waals surface area contributed by atoms with Crippen LogP contribution in [0.15, 0.2) is 27.4 Å². The first-order valence-electron chi connectivity index (χ1n) is 5.85. The molecule has 17 heavy (non-hydrogen) atoms. The topological polar surface area (TPSA) is 12.0 Å². The molecule has 90 valence electrons. The lowest BCUT2D eigenvalue weighted by molar-refractivity contribution is 0.465. The third-order valence-electron chi connectivity index (χ3n) is 3.20. The Morgan fingerprint density at radius 2 is 2.35 bits per heavy atom. The maximum Gasteiger partial charge on any atom is 0.0334 e. The molecule has 1 nitrogen and oxygen atoms in total. The number of hydrogen-bond acceptors (Lipinski definition) is 3. The SMILES string of the molecule is Brc1csc(CNC2CCCc3sccc32)c1. The van der Waals surface area contributed by atoms with Gasteiger partial charge in [0.15, 0.2) is 0 Å². The minimum absolute atomic E-state index is 0.561. The Balaban J connectivity index is 1.67. The first-order valence-corrected chi connectivity index (χ1v) is 8.41. The van der Waals surface area contributed by atoms with Crippen LogP contribution in [0, 0.1) is 0 Å². The second kappa shape index (κ2) is 5.22. The summed E-state index contributed by atoms with van der Waals surface area (Å²) in [5.74, 6) is 0. The van der Waals surface area contributed by atoms with Crippen molar-refractivity contribution in [3.8, 4) is 0 Å². The van der Waals surface area contributed by atoms with E-state index in [2.05, 4.69) is 44.1 Å². The van der Waals surface area contributed by atoms with Gasteiger partial charge in [-0.3, -0.25) is 0 Å². The van der Waals surface area contributed by atoms with Crippen molar-refractivity contribution in [2.45, 2.75) is 31.8 Å². The highest BCUT2D eigenvalue weighted by atomic mass is 79.9. The molecule has 0 saturated heterocycles. The number of halogens is 1. The van der Waals surface area contributed by atoms with E-state index in [-0.39, 0.29) is 0 Å². The van der Waals surface area contributed by atoms with Gasteiger partial charge in [0.25, 0.3) is 0 Å². The summed E-state index contributed by atoms with van der Waals surface area (Å²) in [6, 6.07) is 5.06. The second-order valence-corrected chi connectivity index (χ2v) is 7.27. The van der Waals surface area contributed by atoms with Gasteiger partial charge in [-0.2, -0.15) is 0 Å². The van der Waals surface area contributed by atoms with E-state index in [9.17, 15) is 0 Å². The van der Waals surface area contributed by atoms with Crippen LogP contribution in [0.5, 0.6) is 0 Å². The molecule has 1 aliphatic rings. The van der Waals surface area contributed by atoms with Crippen LogP contribution in [0.25, 0.3) is 0 Å². The molecule has 0 saturated carbocycles. The molecule has 3 rings (SSSR count). The molecule has 1 N–H and O–H groups in total. The molecule has 4 heteroatoms. The maximum absolute atomic E-state index is 3.69. The molecular formula is C13H14BrNS2. The molecule has 0 radical (unpaired) electrons. The molecule has 0 bridgehead atoms. The van der Waals surface area contributed by atoms with Gasteiger partial charge >= 0.3 is 0 Å². The van der Waals surface area contributed by atoms with Gasteiger partial charge in [-0.05, 0) is 58.3 Å². The van der Waals surface area contributed by atoms with Gasteiger partial charge in [0.1, 0.15) is 0 Å². The summed E-state index contributed by atoms with van der Waals surface area (Å²) in [4.78, 5) is 2.99. The summed E-state index contributed by atoms with van der Waals surface area (Å²) in [7, 11) is 0. The molecule has 0 aromatic carbocycles. The molecule has 1 aliphatic carbocycles. The van der Waals surface area contributed by atoms with Gasteiger partial charge in [0.05, 0.1) is 0 Å². The quantitative estimate of drug-likeness (QED) is 0.858. The van der Waals surface area contributed by atoms with Gasteiger partial charge in [-0.1, -0.05) is 0 Å². The summed E-state index contributed by atoms with van der Waals surface area (Å²) in [6.07, 6.45) is 3.87. The Morgan fingerprint density at radius 3 is 3.18 bits per heavy atom. The Hall–Kier alpha value is -0.160. The highest BCUT2D eigenvalue weighted by molar-refractivity contribution is 9.10. The van der Waals surface area contributed by atoms with E-state index in [1.54, 1.807) is 4.88 Å². The normalized spacial score (nSPS) is 19.2. The summed E-state index contributed by atoms with van der Waals surface area (Å²) in [5.41, 5.74) is 1.54. The van der Waals surface area contributed by atoms with Crippen molar-refractivity contribution in [1.29, 1.82) is 0 Å². The predicted octanol–water partition coefficient (Wildman–Crippen LogP) is 4.74. The van der Waals surface area contributed by atoms with Crippen molar-refractivity contribution < 1.29 is 0 Å².